The van der Waals surface area contributed by atoms with Gasteiger partial charge in [0, 0.05) is 26.2 Å². The van der Waals surface area contributed by atoms with Crippen molar-refractivity contribution in [3.8, 4) is 0 Å². The number of methoxy groups -OCH3 is 1. The number of sulfonamides is 1. The first-order chi connectivity index (χ1) is 15.4. The summed E-state index contributed by atoms with van der Waals surface area (Å²) in [5.41, 5.74) is 1.53. The molecule has 32 heavy (non-hydrogen) atoms. The Morgan fingerprint density at radius 3 is 2.34 bits per heavy atom. The largest absolute Gasteiger partial charge is 0.465 e. The van der Waals surface area contributed by atoms with Gasteiger partial charge >= 0.3 is 5.97 Å². The van der Waals surface area contributed by atoms with E-state index in [4.69, 9.17) is 9.15 Å². The van der Waals surface area contributed by atoms with Gasteiger partial charge in [-0.05, 0) is 56.0 Å². The molecule has 2 saturated heterocycles. The van der Waals surface area contributed by atoms with E-state index in [0.29, 0.717) is 24.3 Å². The van der Waals surface area contributed by atoms with Gasteiger partial charge in [0.25, 0.3) is 15.9 Å². The van der Waals surface area contributed by atoms with Crippen LogP contribution in [0.4, 0.5) is 11.4 Å². The summed E-state index contributed by atoms with van der Waals surface area (Å²) in [6, 6.07) is 7.66. The fraction of sp³-hybridized carbons (Fsp3) is 0.455. The molecule has 3 heterocycles. The number of hydrogen-bond acceptors (Lipinski definition) is 7. The van der Waals surface area contributed by atoms with E-state index in [9.17, 15) is 18.0 Å². The minimum absolute atomic E-state index is 0.114. The Hall–Kier alpha value is -2.85. The molecule has 2 aliphatic heterocycles. The molecule has 2 aliphatic rings. The first-order valence-electron chi connectivity index (χ1n) is 10.8. The maximum Gasteiger partial charge on any atom is 0.337 e. The Balaban J connectivity index is 1.58. The zero-order valence-electron chi connectivity index (χ0n) is 18.0. The number of carbonyl (C=O) groups excluding carboxylic acids is 2. The van der Waals surface area contributed by atoms with Crippen LogP contribution in [0.2, 0.25) is 0 Å². The molecule has 1 aromatic carbocycles. The van der Waals surface area contributed by atoms with E-state index in [1.54, 1.807) is 18.2 Å². The average Bonchev–Trinajstić information content (AvgIpc) is 3.52. The van der Waals surface area contributed by atoms with Crippen LogP contribution in [-0.2, 0) is 14.8 Å². The molecule has 2 fully saturated rings. The van der Waals surface area contributed by atoms with Crippen molar-refractivity contribution in [2.24, 2.45) is 0 Å². The molecule has 2 aromatic rings. The molecule has 1 aromatic heterocycles. The minimum Gasteiger partial charge on any atom is -0.465 e. The SMILES string of the molecule is COC(=O)c1ccc(N2CCCC2)c(NC(=O)c2ccc(S(=O)(=O)N3CCCCC3)o2)c1. The zero-order valence-corrected chi connectivity index (χ0v) is 18.8. The van der Waals surface area contributed by atoms with Crippen LogP contribution in [0.25, 0.3) is 0 Å². The highest BCUT2D eigenvalue weighted by molar-refractivity contribution is 7.89. The molecule has 0 atom stereocenters. The maximum atomic E-state index is 12.9. The molecule has 0 radical (unpaired) electrons. The van der Waals surface area contributed by atoms with Crippen LogP contribution in [0.3, 0.4) is 0 Å². The van der Waals surface area contributed by atoms with Crippen molar-refractivity contribution in [1.29, 1.82) is 0 Å². The number of hydrogen-bond donors (Lipinski definition) is 1. The van der Waals surface area contributed by atoms with Gasteiger partial charge in [-0.25, -0.2) is 13.2 Å². The molecule has 10 heteroatoms. The number of amides is 1. The summed E-state index contributed by atoms with van der Waals surface area (Å²) in [5.74, 6) is -1.22. The second kappa shape index (κ2) is 9.33. The molecule has 9 nitrogen and oxygen atoms in total. The predicted octanol–water partition coefficient (Wildman–Crippen LogP) is 3.09. The summed E-state index contributed by atoms with van der Waals surface area (Å²) in [6.07, 6.45) is 4.71. The van der Waals surface area contributed by atoms with Gasteiger partial charge in [-0.1, -0.05) is 6.42 Å². The topological polar surface area (TPSA) is 109 Å². The normalized spacial score (nSPS) is 17.3. The van der Waals surface area contributed by atoms with Crippen LogP contribution in [0.1, 0.15) is 53.0 Å². The van der Waals surface area contributed by atoms with Crippen molar-refractivity contribution in [3.05, 3.63) is 41.7 Å². The third-order valence-corrected chi connectivity index (χ3v) is 7.60. The Bertz CT molecular complexity index is 1100. The van der Waals surface area contributed by atoms with Crippen molar-refractivity contribution in [2.75, 3.05) is 43.5 Å². The van der Waals surface area contributed by atoms with E-state index in [1.165, 1.54) is 23.5 Å². The number of nitrogens with one attached hydrogen (secondary N) is 1. The number of furan rings is 1. The van der Waals surface area contributed by atoms with Crippen molar-refractivity contribution >= 4 is 33.3 Å². The van der Waals surface area contributed by atoms with Crippen LogP contribution >= 0.6 is 0 Å². The molecule has 0 spiro atoms. The highest BCUT2D eigenvalue weighted by Gasteiger charge is 2.30. The van der Waals surface area contributed by atoms with E-state index >= 15 is 0 Å². The van der Waals surface area contributed by atoms with Crippen molar-refractivity contribution < 1.29 is 27.2 Å². The predicted molar refractivity (Wildman–Crippen MR) is 118 cm³/mol. The van der Waals surface area contributed by atoms with Crippen LogP contribution in [-0.4, -0.2) is 57.9 Å². The van der Waals surface area contributed by atoms with E-state index in [0.717, 1.165) is 50.9 Å². The fourth-order valence-corrected chi connectivity index (χ4v) is 5.54. The smallest absolute Gasteiger partial charge is 0.337 e. The van der Waals surface area contributed by atoms with E-state index in [1.807, 2.05) is 0 Å². The summed E-state index contributed by atoms with van der Waals surface area (Å²) in [5, 5.41) is 2.53. The van der Waals surface area contributed by atoms with Crippen molar-refractivity contribution in [2.45, 2.75) is 37.2 Å². The summed E-state index contributed by atoms with van der Waals surface area (Å²) >= 11 is 0. The molecule has 0 aliphatic carbocycles. The Kier molecular flexibility index (Phi) is 6.52. The average molecular weight is 462 g/mol. The molecule has 172 valence electrons. The van der Waals surface area contributed by atoms with Gasteiger partial charge in [0.1, 0.15) is 0 Å². The Morgan fingerprint density at radius 1 is 0.969 bits per heavy atom. The number of anilines is 2. The summed E-state index contributed by atoms with van der Waals surface area (Å²) in [4.78, 5) is 27.0. The quantitative estimate of drug-likeness (QED) is 0.659. The first-order valence-corrected chi connectivity index (χ1v) is 12.2. The number of rotatable bonds is 6. The van der Waals surface area contributed by atoms with Gasteiger partial charge in [0.05, 0.1) is 24.0 Å². The molecule has 0 bridgehead atoms. The minimum atomic E-state index is -3.77. The summed E-state index contributed by atoms with van der Waals surface area (Å²) < 4.78 is 37.2. The van der Waals surface area contributed by atoms with Crippen LogP contribution in [0, 0.1) is 0 Å². The molecule has 1 N–H and O–H groups in total. The molecular formula is C22H27N3O6S. The highest BCUT2D eigenvalue weighted by atomic mass is 32.2. The lowest BCUT2D eigenvalue weighted by molar-refractivity contribution is 0.0600. The Morgan fingerprint density at radius 2 is 1.66 bits per heavy atom. The summed E-state index contributed by atoms with van der Waals surface area (Å²) in [6.45, 7) is 2.59. The number of esters is 1. The lowest BCUT2D eigenvalue weighted by atomic mass is 10.1. The highest BCUT2D eigenvalue weighted by Crippen LogP contribution is 2.31. The second-order valence-corrected chi connectivity index (χ2v) is 9.82. The third kappa shape index (κ3) is 4.51. The van der Waals surface area contributed by atoms with Crippen molar-refractivity contribution in [1.82, 2.24) is 4.31 Å². The first kappa shape index (κ1) is 22.3. The molecular weight excluding hydrogens is 434 g/mol. The van der Waals surface area contributed by atoms with Gasteiger partial charge in [-0.15, -0.1) is 0 Å². The monoisotopic (exact) mass is 461 g/mol. The fourth-order valence-electron chi connectivity index (χ4n) is 4.11. The van der Waals surface area contributed by atoms with Gasteiger partial charge in [-0.3, -0.25) is 4.79 Å². The van der Waals surface area contributed by atoms with E-state index in [-0.39, 0.29) is 10.9 Å². The van der Waals surface area contributed by atoms with Crippen LogP contribution in [0.15, 0.2) is 39.8 Å². The Labute approximate surface area is 187 Å². The van der Waals surface area contributed by atoms with Gasteiger partial charge < -0.3 is 19.4 Å². The second-order valence-electron chi connectivity index (χ2n) is 7.96. The lowest BCUT2D eigenvalue weighted by Crippen LogP contribution is -2.35. The number of nitrogens with zero attached hydrogens (tertiary/aromatic N) is 2. The van der Waals surface area contributed by atoms with Gasteiger partial charge in [0.15, 0.2) is 5.76 Å². The third-order valence-electron chi connectivity index (χ3n) is 5.83. The van der Waals surface area contributed by atoms with Gasteiger partial charge in [-0.2, -0.15) is 4.31 Å². The maximum absolute atomic E-state index is 12.9. The summed E-state index contributed by atoms with van der Waals surface area (Å²) in [7, 11) is -2.48. The molecule has 0 saturated carbocycles. The standard InChI is InChI=1S/C22H27N3O6S/c1-30-22(27)16-7-8-18(24-11-5-6-12-24)17(15-16)23-21(26)19-9-10-20(31-19)32(28,29)25-13-3-2-4-14-25/h7-10,15H,2-6,11-14H2,1H3,(H,23,26). The molecule has 1 amide bonds. The van der Waals surface area contributed by atoms with Crippen molar-refractivity contribution in [3.63, 3.8) is 0 Å². The molecule has 0 unspecified atom stereocenters. The lowest BCUT2D eigenvalue weighted by Gasteiger charge is -2.24. The number of carbonyl (C=O) groups is 2. The van der Waals surface area contributed by atoms with E-state index in [2.05, 4.69) is 10.2 Å². The number of ether oxygens (including phenoxy) is 1. The number of piperidine rings is 1. The van der Waals surface area contributed by atoms with Crippen LogP contribution in [0.5, 0.6) is 0 Å². The van der Waals surface area contributed by atoms with Gasteiger partial charge in [0.2, 0.25) is 5.09 Å². The number of benzene rings is 1. The van der Waals surface area contributed by atoms with E-state index < -0.39 is 21.9 Å². The zero-order chi connectivity index (χ0) is 22.7. The van der Waals surface area contributed by atoms with Crippen LogP contribution < -0.4 is 10.2 Å². The molecule has 4 rings (SSSR count).